The summed E-state index contributed by atoms with van der Waals surface area (Å²) >= 11 is 5.81. The van der Waals surface area contributed by atoms with Crippen molar-refractivity contribution in [1.82, 2.24) is 15.0 Å². The Morgan fingerprint density at radius 3 is 2.62 bits per heavy atom. The molecule has 4 heterocycles. The Labute approximate surface area is 166 Å². The third kappa shape index (κ3) is 3.42. The summed E-state index contributed by atoms with van der Waals surface area (Å²) < 4.78 is 0.471. The van der Waals surface area contributed by atoms with E-state index in [-0.39, 0.29) is 0 Å². The topological polar surface area (TPSA) is 38.7 Å². The van der Waals surface area contributed by atoms with E-state index in [2.05, 4.69) is 29.2 Å². The highest BCUT2D eigenvalue weighted by atomic mass is 32.2. The number of thiazole rings is 1. The third-order valence-corrected chi connectivity index (χ3v) is 8.69. The Balaban J connectivity index is 1.54. The SMILES string of the molecule is c1cncc(-c2nc(C3CC3)c(-c3cccc(C4SCCCS4)n3)s2)c1. The number of pyridine rings is 2. The zero-order valence-corrected chi connectivity index (χ0v) is 16.7. The van der Waals surface area contributed by atoms with Gasteiger partial charge in [-0.3, -0.25) is 4.98 Å². The van der Waals surface area contributed by atoms with Gasteiger partial charge >= 0.3 is 0 Å². The highest BCUT2D eigenvalue weighted by Gasteiger charge is 2.31. The summed E-state index contributed by atoms with van der Waals surface area (Å²) in [6.45, 7) is 0. The number of rotatable bonds is 4. The molecule has 5 rings (SSSR count). The first-order valence-corrected chi connectivity index (χ1v) is 11.9. The number of thioether (sulfide) groups is 2. The average Bonchev–Trinajstić information content (AvgIpc) is 3.47. The molecule has 1 saturated heterocycles. The van der Waals surface area contributed by atoms with Gasteiger partial charge in [0.25, 0.3) is 0 Å². The minimum Gasteiger partial charge on any atom is -0.264 e. The summed E-state index contributed by atoms with van der Waals surface area (Å²) in [4.78, 5) is 15.5. The Morgan fingerprint density at radius 1 is 0.962 bits per heavy atom. The molecule has 1 aliphatic carbocycles. The first-order valence-electron chi connectivity index (χ1n) is 9.00. The molecule has 0 aromatic carbocycles. The fourth-order valence-corrected chi connectivity index (χ4v) is 7.04. The lowest BCUT2D eigenvalue weighted by atomic mass is 10.2. The van der Waals surface area contributed by atoms with E-state index in [1.807, 2.05) is 42.0 Å². The monoisotopic (exact) mass is 397 g/mol. The minimum atomic E-state index is 0.471. The van der Waals surface area contributed by atoms with Crippen LogP contribution in [-0.2, 0) is 0 Å². The van der Waals surface area contributed by atoms with Crippen LogP contribution in [0.3, 0.4) is 0 Å². The van der Waals surface area contributed by atoms with Gasteiger partial charge in [-0.05, 0) is 55.0 Å². The molecule has 3 aromatic rings. The van der Waals surface area contributed by atoms with Crippen LogP contribution in [-0.4, -0.2) is 26.5 Å². The summed E-state index contributed by atoms with van der Waals surface area (Å²) in [5, 5.41) is 1.06. The van der Waals surface area contributed by atoms with Crippen molar-refractivity contribution in [2.75, 3.05) is 11.5 Å². The molecular formula is C20H19N3S3. The van der Waals surface area contributed by atoms with Crippen LogP contribution in [0.15, 0.2) is 42.7 Å². The lowest BCUT2D eigenvalue weighted by molar-refractivity contribution is 1.04. The maximum Gasteiger partial charge on any atom is 0.125 e. The number of hydrogen-bond acceptors (Lipinski definition) is 6. The van der Waals surface area contributed by atoms with Crippen molar-refractivity contribution in [3.63, 3.8) is 0 Å². The zero-order chi connectivity index (χ0) is 17.3. The standard InChI is InChI=1S/C20H19N3S3/c1-5-15(22-16(6-1)20-24-10-3-11-25-20)18-17(13-7-8-13)23-19(26-18)14-4-2-9-21-12-14/h1-2,4-6,9,12-13,20H,3,7-8,10-11H2. The lowest BCUT2D eigenvalue weighted by Gasteiger charge is -2.20. The van der Waals surface area contributed by atoms with Crippen molar-refractivity contribution in [3.05, 3.63) is 54.1 Å². The molecule has 3 nitrogen and oxygen atoms in total. The molecule has 0 N–H and O–H groups in total. The second-order valence-corrected chi connectivity index (χ2v) is 10.3. The molecule has 2 aliphatic rings. The van der Waals surface area contributed by atoms with Crippen molar-refractivity contribution in [1.29, 1.82) is 0 Å². The number of nitrogens with zero attached hydrogens (tertiary/aromatic N) is 3. The summed E-state index contributed by atoms with van der Waals surface area (Å²) in [6, 6.07) is 10.6. The Hall–Kier alpha value is -1.37. The van der Waals surface area contributed by atoms with Gasteiger partial charge in [-0.2, -0.15) is 0 Å². The predicted molar refractivity (Wildman–Crippen MR) is 113 cm³/mol. The van der Waals surface area contributed by atoms with Crippen molar-refractivity contribution in [3.8, 4) is 21.1 Å². The molecule has 132 valence electrons. The van der Waals surface area contributed by atoms with Crippen LogP contribution in [0, 0.1) is 0 Å². The Morgan fingerprint density at radius 2 is 1.85 bits per heavy atom. The summed E-state index contributed by atoms with van der Waals surface area (Å²) in [6.07, 6.45) is 7.51. The summed E-state index contributed by atoms with van der Waals surface area (Å²) in [7, 11) is 0. The quantitative estimate of drug-likeness (QED) is 0.539. The molecule has 3 aromatic heterocycles. The van der Waals surface area contributed by atoms with E-state index in [9.17, 15) is 0 Å². The molecule has 6 heteroatoms. The van der Waals surface area contributed by atoms with Gasteiger partial charge in [-0.25, -0.2) is 9.97 Å². The molecule has 0 atom stereocenters. The van der Waals surface area contributed by atoms with Crippen LogP contribution in [0.25, 0.3) is 21.1 Å². The molecule has 2 fully saturated rings. The maximum atomic E-state index is 5.06. The molecule has 0 amide bonds. The normalized spacial score (nSPS) is 18.2. The number of aromatic nitrogens is 3. The van der Waals surface area contributed by atoms with E-state index in [4.69, 9.17) is 9.97 Å². The molecule has 1 saturated carbocycles. The fourth-order valence-electron chi connectivity index (χ4n) is 3.13. The van der Waals surface area contributed by atoms with E-state index >= 15 is 0 Å². The van der Waals surface area contributed by atoms with Crippen LogP contribution in [0.1, 0.15) is 41.2 Å². The van der Waals surface area contributed by atoms with Crippen molar-refractivity contribution >= 4 is 34.9 Å². The third-order valence-electron chi connectivity index (χ3n) is 4.60. The molecule has 0 radical (unpaired) electrons. The fraction of sp³-hybridized carbons (Fsp3) is 0.350. The van der Waals surface area contributed by atoms with Gasteiger partial charge in [0, 0.05) is 23.9 Å². The van der Waals surface area contributed by atoms with Crippen LogP contribution in [0.4, 0.5) is 0 Å². The van der Waals surface area contributed by atoms with Crippen molar-refractivity contribution in [2.45, 2.75) is 29.8 Å². The number of hydrogen-bond donors (Lipinski definition) is 0. The largest absolute Gasteiger partial charge is 0.264 e. The van der Waals surface area contributed by atoms with Gasteiger partial charge in [0.05, 0.1) is 26.5 Å². The van der Waals surface area contributed by atoms with Gasteiger partial charge in [0.15, 0.2) is 0 Å². The average molecular weight is 398 g/mol. The highest BCUT2D eigenvalue weighted by Crippen LogP contribution is 2.48. The van der Waals surface area contributed by atoms with Gasteiger partial charge in [0.1, 0.15) is 5.01 Å². The zero-order valence-electron chi connectivity index (χ0n) is 14.3. The summed E-state index contributed by atoms with van der Waals surface area (Å²) in [5.74, 6) is 3.08. The van der Waals surface area contributed by atoms with Crippen LogP contribution in [0.5, 0.6) is 0 Å². The van der Waals surface area contributed by atoms with E-state index in [0.717, 1.165) is 16.3 Å². The maximum absolute atomic E-state index is 5.06. The van der Waals surface area contributed by atoms with E-state index in [1.54, 1.807) is 11.3 Å². The smallest absolute Gasteiger partial charge is 0.125 e. The lowest BCUT2D eigenvalue weighted by Crippen LogP contribution is -2.02. The second-order valence-electron chi connectivity index (χ2n) is 6.62. The van der Waals surface area contributed by atoms with Crippen LogP contribution >= 0.6 is 34.9 Å². The van der Waals surface area contributed by atoms with Gasteiger partial charge in [-0.15, -0.1) is 34.9 Å². The van der Waals surface area contributed by atoms with Crippen molar-refractivity contribution in [2.24, 2.45) is 0 Å². The van der Waals surface area contributed by atoms with E-state index in [0.29, 0.717) is 10.5 Å². The molecule has 1 aliphatic heterocycles. The molecule has 0 unspecified atom stereocenters. The minimum absolute atomic E-state index is 0.471. The molecule has 0 bridgehead atoms. The first kappa shape index (κ1) is 16.8. The second kappa shape index (κ2) is 7.33. The van der Waals surface area contributed by atoms with E-state index in [1.165, 1.54) is 47.0 Å². The van der Waals surface area contributed by atoms with Gasteiger partial charge in [-0.1, -0.05) is 6.07 Å². The van der Waals surface area contributed by atoms with Crippen molar-refractivity contribution < 1.29 is 0 Å². The molecule has 26 heavy (non-hydrogen) atoms. The Kier molecular flexibility index (Phi) is 4.73. The van der Waals surface area contributed by atoms with Crippen LogP contribution in [0.2, 0.25) is 0 Å². The van der Waals surface area contributed by atoms with Gasteiger partial charge < -0.3 is 0 Å². The molecular weight excluding hydrogens is 378 g/mol. The predicted octanol–water partition coefficient (Wildman–Crippen LogP) is 6.01. The van der Waals surface area contributed by atoms with E-state index < -0.39 is 0 Å². The first-order chi connectivity index (χ1) is 12.9. The Bertz CT molecular complexity index is 900. The highest BCUT2D eigenvalue weighted by molar-refractivity contribution is 8.16. The summed E-state index contributed by atoms with van der Waals surface area (Å²) in [5.41, 5.74) is 4.63. The molecule has 0 spiro atoms. The van der Waals surface area contributed by atoms with Crippen LogP contribution < -0.4 is 0 Å². The van der Waals surface area contributed by atoms with Gasteiger partial charge in [0.2, 0.25) is 0 Å².